The van der Waals surface area contributed by atoms with Crippen LogP contribution in [0, 0.1) is 5.92 Å². The molecule has 0 heterocycles. The zero-order chi connectivity index (χ0) is 16.1. The fourth-order valence-corrected chi connectivity index (χ4v) is 1.68. The van der Waals surface area contributed by atoms with Gasteiger partial charge in [0, 0.05) is 12.6 Å². The Morgan fingerprint density at radius 3 is 2.43 bits per heavy atom. The van der Waals surface area contributed by atoms with Gasteiger partial charge in [0.1, 0.15) is 12.7 Å². The van der Waals surface area contributed by atoms with Crippen molar-refractivity contribution in [2.45, 2.75) is 59.0 Å². The van der Waals surface area contributed by atoms with Crippen molar-refractivity contribution in [3.05, 3.63) is 12.7 Å². The van der Waals surface area contributed by atoms with Gasteiger partial charge in [-0.25, -0.2) is 9.59 Å². The summed E-state index contributed by atoms with van der Waals surface area (Å²) in [4.78, 5) is 22.7. The highest BCUT2D eigenvalue weighted by atomic mass is 16.6. The summed E-state index contributed by atoms with van der Waals surface area (Å²) in [7, 11) is 0. The van der Waals surface area contributed by atoms with Crippen LogP contribution in [0.2, 0.25) is 0 Å². The van der Waals surface area contributed by atoms with Gasteiger partial charge in [0.25, 0.3) is 0 Å². The minimum atomic E-state index is -0.513. The molecule has 1 N–H and O–H groups in total. The van der Waals surface area contributed by atoms with Crippen molar-refractivity contribution >= 4 is 12.1 Å². The highest BCUT2D eigenvalue weighted by molar-refractivity contribution is 5.81. The van der Waals surface area contributed by atoms with Crippen molar-refractivity contribution in [3.63, 3.8) is 0 Å². The van der Waals surface area contributed by atoms with Gasteiger partial charge in [0.05, 0.1) is 0 Å². The van der Waals surface area contributed by atoms with Gasteiger partial charge in [-0.3, -0.25) is 0 Å². The molecule has 0 aliphatic rings. The maximum Gasteiger partial charge on any atom is 0.407 e. The van der Waals surface area contributed by atoms with Crippen molar-refractivity contribution < 1.29 is 19.1 Å². The van der Waals surface area contributed by atoms with Crippen LogP contribution in [-0.2, 0) is 14.3 Å². The Kier molecular flexibility index (Phi) is 11.4. The summed E-state index contributed by atoms with van der Waals surface area (Å²) >= 11 is 0. The van der Waals surface area contributed by atoms with Crippen LogP contribution >= 0.6 is 0 Å². The van der Waals surface area contributed by atoms with Crippen molar-refractivity contribution in [2.24, 2.45) is 5.92 Å². The van der Waals surface area contributed by atoms with Gasteiger partial charge in [-0.2, -0.15) is 0 Å². The summed E-state index contributed by atoms with van der Waals surface area (Å²) in [5.41, 5.74) is 0. The van der Waals surface area contributed by atoms with Crippen molar-refractivity contribution in [1.29, 1.82) is 0 Å². The predicted molar refractivity (Wildman–Crippen MR) is 83.0 cm³/mol. The third-order valence-electron chi connectivity index (χ3n) is 3.11. The second-order valence-corrected chi connectivity index (χ2v) is 5.36. The van der Waals surface area contributed by atoms with Crippen molar-refractivity contribution in [3.8, 4) is 0 Å². The van der Waals surface area contributed by atoms with Gasteiger partial charge in [0.15, 0.2) is 0 Å². The number of hydrogen-bond acceptors (Lipinski definition) is 4. The molecule has 0 saturated carbocycles. The minimum Gasteiger partial charge on any atom is -0.459 e. The molecule has 0 aliphatic heterocycles. The summed E-state index contributed by atoms with van der Waals surface area (Å²) in [6.45, 7) is 9.96. The number of rotatable bonds is 11. The predicted octanol–water partition coefficient (Wildman–Crippen LogP) is 3.44. The maximum atomic E-state index is 11.7. The van der Waals surface area contributed by atoms with E-state index < -0.39 is 18.2 Å². The maximum absolute atomic E-state index is 11.7. The van der Waals surface area contributed by atoms with Gasteiger partial charge in [-0.05, 0) is 12.3 Å². The second-order valence-electron chi connectivity index (χ2n) is 5.36. The molecule has 0 aliphatic carbocycles. The third-order valence-corrected chi connectivity index (χ3v) is 3.11. The average Bonchev–Trinajstić information content (AvgIpc) is 2.46. The standard InChI is InChI=1S/C16H29NO4/c1-5-7-8-9-10-11-17-16(19)21-14(13(3)4)12-20-15(18)6-2/h6,13-14H,2,5,7-12H2,1,3-4H3,(H,17,19). The molecule has 21 heavy (non-hydrogen) atoms. The number of carbonyl (C=O) groups excluding carboxylic acids is 2. The van der Waals surface area contributed by atoms with Crippen LogP contribution in [0.3, 0.4) is 0 Å². The summed E-state index contributed by atoms with van der Waals surface area (Å²) in [6.07, 6.45) is 5.87. The third kappa shape index (κ3) is 10.9. The van der Waals surface area contributed by atoms with E-state index in [0.29, 0.717) is 6.54 Å². The molecular weight excluding hydrogens is 270 g/mol. The number of ether oxygens (including phenoxy) is 2. The van der Waals surface area contributed by atoms with Crippen LogP contribution in [0.25, 0.3) is 0 Å². The van der Waals surface area contributed by atoms with E-state index in [0.717, 1.165) is 18.9 Å². The monoisotopic (exact) mass is 299 g/mol. The Bertz CT molecular complexity index is 315. The molecule has 0 aromatic heterocycles. The summed E-state index contributed by atoms with van der Waals surface area (Å²) in [5.74, 6) is -0.446. The molecule has 0 aromatic carbocycles. The summed E-state index contributed by atoms with van der Waals surface area (Å²) in [6, 6.07) is 0. The fourth-order valence-electron chi connectivity index (χ4n) is 1.68. The Morgan fingerprint density at radius 2 is 1.86 bits per heavy atom. The molecule has 5 nitrogen and oxygen atoms in total. The Hall–Kier alpha value is -1.52. The molecule has 1 atom stereocenters. The molecule has 0 spiro atoms. The van der Waals surface area contributed by atoms with E-state index in [9.17, 15) is 9.59 Å². The average molecular weight is 299 g/mol. The Morgan fingerprint density at radius 1 is 1.19 bits per heavy atom. The minimum absolute atomic E-state index is 0.0481. The first-order valence-electron chi connectivity index (χ1n) is 7.74. The van der Waals surface area contributed by atoms with Crippen LogP contribution in [0.1, 0.15) is 52.9 Å². The molecule has 0 bridgehead atoms. The number of carbonyl (C=O) groups is 2. The van der Waals surface area contributed by atoms with Gasteiger partial charge in [0.2, 0.25) is 0 Å². The van der Waals surface area contributed by atoms with Crippen molar-refractivity contribution in [1.82, 2.24) is 5.32 Å². The first kappa shape index (κ1) is 19.5. The van der Waals surface area contributed by atoms with E-state index in [4.69, 9.17) is 9.47 Å². The molecule has 0 fully saturated rings. The number of alkyl carbamates (subject to hydrolysis) is 1. The molecule has 0 saturated heterocycles. The normalized spacial score (nSPS) is 11.8. The SMILES string of the molecule is C=CC(=O)OCC(OC(=O)NCCCCCCC)C(C)C. The first-order valence-corrected chi connectivity index (χ1v) is 7.74. The molecule has 122 valence electrons. The molecule has 0 radical (unpaired) electrons. The summed E-state index contributed by atoms with van der Waals surface area (Å²) in [5, 5.41) is 2.72. The van der Waals surface area contributed by atoms with Gasteiger partial charge < -0.3 is 14.8 Å². The summed E-state index contributed by atoms with van der Waals surface area (Å²) < 4.78 is 10.2. The van der Waals surface area contributed by atoms with E-state index >= 15 is 0 Å². The number of nitrogens with one attached hydrogen (secondary N) is 1. The van der Waals surface area contributed by atoms with Crippen LogP contribution in [0.5, 0.6) is 0 Å². The number of hydrogen-bond donors (Lipinski definition) is 1. The zero-order valence-corrected chi connectivity index (χ0v) is 13.5. The van der Waals surface area contributed by atoms with E-state index in [1.165, 1.54) is 19.3 Å². The number of esters is 1. The second kappa shape index (κ2) is 12.2. The fraction of sp³-hybridized carbons (Fsp3) is 0.750. The lowest BCUT2D eigenvalue weighted by Crippen LogP contribution is -2.35. The Labute approximate surface area is 128 Å². The number of unbranched alkanes of at least 4 members (excludes halogenated alkanes) is 4. The highest BCUT2D eigenvalue weighted by Crippen LogP contribution is 2.08. The van der Waals surface area contributed by atoms with Crippen molar-refractivity contribution in [2.75, 3.05) is 13.2 Å². The lowest BCUT2D eigenvalue weighted by atomic mass is 10.1. The highest BCUT2D eigenvalue weighted by Gasteiger charge is 2.19. The lowest BCUT2D eigenvalue weighted by molar-refractivity contribution is -0.141. The molecule has 0 rings (SSSR count). The van der Waals surface area contributed by atoms with Gasteiger partial charge in [-0.1, -0.05) is 53.0 Å². The Balaban J connectivity index is 3.89. The van der Waals surface area contributed by atoms with Crippen LogP contribution in [-0.4, -0.2) is 31.3 Å². The molecule has 1 amide bonds. The van der Waals surface area contributed by atoms with Crippen LogP contribution < -0.4 is 5.32 Å². The smallest absolute Gasteiger partial charge is 0.407 e. The molecule has 1 unspecified atom stereocenters. The van der Waals surface area contributed by atoms with Crippen LogP contribution in [0.15, 0.2) is 12.7 Å². The van der Waals surface area contributed by atoms with E-state index in [1.807, 2.05) is 13.8 Å². The molecule has 0 aromatic rings. The first-order chi connectivity index (χ1) is 10.0. The van der Waals surface area contributed by atoms with Crippen LogP contribution in [0.4, 0.5) is 4.79 Å². The lowest BCUT2D eigenvalue weighted by Gasteiger charge is -2.21. The van der Waals surface area contributed by atoms with Gasteiger partial charge >= 0.3 is 12.1 Å². The van der Waals surface area contributed by atoms with E-state index in [2.05, 4.69) is 18.8 Å². The molecule has 5 heteroatoms. The topological polar surface area (TPSA) is 64.6 Å². The number of amides is 1. The van der Waals surface area contributed by atoms with E-state index in [1.54, 1.807) is 0 Å². The zero-order valence-electron chi connectivity index (χ0n) is 13.5. The largest absolute Gasteiger partial charge is 0.459 e. The molecular formula is C16H29NO4. The van der Waals surface area contributed by atoms with E-state index in [-0.39, 0.29) is 12.5 Å². The van der Waals surface area contributed by atoms with Gasteiger partial charge in [-0.15, -0.1) is 0 Å². The quantitative estimate of drug-likeness (QED) is 0.360.